The minimum atomic E-state index is -1.13. The second-order valence-corrected chi connectivity index (χ2v) is 2.92. The zero-order valence-corrected chi connectivity index (χ0v) is 8.81. The third-order valence-electron chi connectivity index (χ3n) is 1.74. The van der Waals surface area contributed by atoms with Crippen LogP contribution in [-0.2, 0) is 4.79 Å². The van der Waals surface area contributed by atoms with Crippen molar-refractivity contribution in [1.82, 2.24) is 15.2 Å². The number of carboxylic acids is 1. The minimum absolute atomic E-state index is 0.00259. The summed E-state index contributed by atoms with van der Waals surface area (Å²) in [6, 6.07) is 0. The van der Waals surface area contributed by atoms with Crippen LogP contribution in [0.3, 0.4) is 0 Å². The van der Waals surface area contributed by atoms with Crippen LogP contribution < -0.4 is 11.0 Å². The summed E-state index contributed by atoms with van der Waals surface area (Å²) in [5.74, 6) is -1.12. The molecule has 0 aromatic carbocycles. The number of aryl methyl sites for hydroxylation is 1. The number of nitrogens with one attached hydrogen (secondary N) is 2. The van der Waals surface area contributed by atoms with Crippen LogP contribution in [0.4, 0.5) is 5.95 Å². The number of H-pyrrole nitrogens is 1. The topological polar surface area (TPSA) is 120 Å². The maximum Gasteiger partial charge on any atom is 0.352 e. The van der Waals surface area contributed by atoms with Gasteiger partial charge in [-0.05, 0) is 13.3 Å². The van der Waals surface area contributed by atoms with Gasteiger partial charge in [0.25, 0.3) is 5.56 Å². The van der Waals surface area contributed by atoms with E-state index in [9.17, 15) is 9.59 Å². The number of aromatic amines is 1. The van der Waals surface area contributed by atoms with Crippen LogP contribution in [0.15, 0.2) is 9.90 Å². The summed E-state index contributed by atoms with van der Waals surface area (Å²) in [7, 11) is 0. The number of aromatic nitrogens is 3. The molecule has 8 nitrogen and oxygen atoms in total. The van der Waals surface area contributed by atoms with Gasteiger partial charge in [0.1, 0.15) is 11.4 Å². The smallest absolute Gasteiger partial charge is 0.352 e. The Balaban J connectivity index is 2.85. The molecule has 0 radical (unpaired) electrons. The number of hydrogen-bond acceptors (Lipinski definition) is 6. The molecule has 0 amide bonds. The van der Waals surface area contributed by atoms with Gasteiger partial charge in [-0.25, -0.2) is 10.2 Å². The van der Waals surface area contributed by atoms with Crippen LogP contribution in [0.1, 0.15) is 19.0 Å². The second kappa shape index (κ2) is 5.01. The van der Waals surface area contributed by atoms with Crippen LogP contribution in [0, 0.1) is 6.92 Å². The highest BCUT2D eigenvalue weighted by Crippen LogP contribution is 1.93. The molecule has 86 valence electrons. The van der Waals surface area contributed by atoms with Gasteiger partial charge in [-0.15, -0.1) is 10.2 Å². The number of hydrazone groups is 1. The zero-order valence-electron chi connectivity index (χ0n) is 8.81. The normalized spacial score (nSPS) is 11.2. The minimum Gasteiger partial charge on any atom is -0.477 e. The summed E-state index contributed by atoms with van der Waals surface area (Å²) in [6.07, 6.45) is 0.256. The molecular weight excluding hydrogens is 214 g/mol. The number of carbonyl (C=O) groups is 1. The summed E-state index contributed by atoms with van der Waals surface area (Å²) in [5.41, 5.74) is 2.08. The Morgan fingerprint density at radius 3 is 2.75 bits per heavy atom. The quantitative estimate of drug-likeness (QED) is 0.479. The van der Waals surface area contributed by atoms with E-state index >= 15 is 0 Å². The molecule has 8 heteroatoms. The van der Waals surface area contributed by atoms with E-state index in [0.29, 0.717) is 0 Å². The van der Waals surface area contributed by atoms with Crippen LogP contribution in [-0.4, -0.2) is 32.0 Å². The standard InChI is InChI=1S/C8H11N5O3/c1-3-5(7(15)16)11-13-8-9-6(14)4(2)10-12-8/h3H2,1-2H3,(H,15,16)(H2,9,12,13,14)/b11-5+. The molecule has 16 heavy (non-hydrogen) atoms. The fourth-order valence-electron chi connectivity index (χ4n) is 0.842. The van der Waals surface area contributed by atoms with E-state index < -0.39 is 11.5 Å². The Morgan fingerprint density at radius 2 is 2.25 bits per heavy atom. The SMILES string of the molecule is CC/C(=N\Nc1nnc(C)c(=O)[nH]1)C(=O)O. The maximum absolute atomic E-state index is 11.1. The summed E-state index contributed by atoms with van der Waals surface area (Å²) in [4.78, 5) is 24.1. The van der Waals surface area contributed by atoms with Crippen LogP contribution >= 0.6 is 0 Å². The first-order valence-corrected chi connectivity index (χ1v) is 4.54. The van der Waals surface area contributed by atoms with Crippen molar-refractivity contribution in [3.05, 3.63) is 16.0 Å². The first kappa shape index (κ1) is 11.8. The van der Waals surface area contributed by atoms with E-state index in [-0.39, 0.29) is 23.8 Å². The molecule has 1 aromatic rings. The highest BCUT2D eigenvalue weighted by molar-refractivity contribution is 6.35. The highest BCUT2D eigenvalue weighted by atomic mass is 16.4. The Kier molecular flexibility index (Phi) is 3.70. The average Bonchev–Trinajstić information content (AvgIpc) is 2.23. The Labute approximate surface area is 90.4 Å². The number of aliphatic carboxylic acids is 1. The molecule has 0 bridgehead atoms. The molecule has 0 saturated carbocycles. The number of carboxylic acid groups (broad SMARTS) is 1. The third kappa shape index (κ3) is 2.87. The van der Waals surface area contributed by atoms with E-state index in [1.165, 1.54) is 6.92 Å². The van der Waals surface area contributed by atoms with E-state index in [1.807, 2.05) is 0 Å². The highest BCUT2D eigenvalue weighted by Gasteiger charge is 2.06. The van der Waals surface area contributed by atoms with E-state index in [2.05, 4.69) is 25.7 Å². The molecule has 0 fully saturated rings. The lowest BCUT2D eigenvalue weighted by Crippen LogP contribution is -2.18. The van der Waals surface area contributed by atoms with Crippen molar-refractivity contribution in [1.29, 1.82) is 0 Å². The first-order chi connectivity index (χ1) is 7.54. The largest absolute Gasteiger partial charge is 0.477 e. The molecule has 0 unspecified atom stereocenters. The van der Waals surface area contributed by atoms with E-state index in [0.717, 1.165) is 0 Å². The predicted octanol–water partition coefficient (Wildman–Crippen LogP) is -0.264. The molecule has 0 aliphatic rings. The van der Waals surface area contributed by atoms with Crippen molar-refractivity contribution in [2.75, 3.05) is 5.43 Å². The summed E-state index contributed by atoms with van der Waals surface area (Å²) in [5, 5.41) is 19.4. The lowest BCUT2D eigenvalue weighted by Gasteiger charge is -2.00. The van der Waals surface area contributed by atoms with Gasteiger partial charge in [0.2, 0.25) is 5.95 Å². The Hall–Kier alpha value is -2.25. The van der Waals surface area contributed by atoms with Gasteiger partial charge in [-0.1, -0.05) is 6.92 Å². The molecular formula is C8H11N5O3. The van der Waals surface area contributed by atoms with Crippen LogP contribution in [0.25, 0.3) is 0 Å². The van der Waals surface area contributed by atoms with Gasteiger partial charge >= 0.3 is 5.97 Å². The number of nitrogens with zero attached hydrogens (tertiary/aromatic N) is 3. The summed E-state index contributed by atoms with van der Waals surface area (Å²) < 4.78 is 0. The van der Waals surface area contributed by atoms with Crippen molar-refractivity contribution >= 4 is 17.6 Å². The van der Waals surface area contributed by atoms with Crippen molar-refractivity contribution in [3.8, 4) is 0 Å². The zero-order chi connectivity index (χ0) is 12.1. The lowest BCUT2D eigenvalue weighted by atomic mass is 10.3. The van der Waals surface area contributed by atoms with Crippen molar-refractivity contribution in [2.45, 2.75) is 20.3 Å². The summed E-state index contributed by atoms with van der Waals surface area (Å²) in [6.45, 7) is 3.16. The fourth-order valence-corrected chi connectivity index (χ4v) is 0.842. The van der Waals surface area contributed by atoms with Crippen molar-refractivity contribution < 1.29 is 9.90 Å². The van der Waals surface area contributed by atoms with Crippen molar-refractivity contribution in [3.63, 3.8) is 0 Å². The van der Waals surface area contributed by atoms with E-state index in [1.54, 1.807) is 6.92 Å². The first-order valence-electron chi connectivity index (χ1n) is 4.54. The molecule has 0 saturated heterocycles. The molecule has 0 aliphatic heterocycles. The molecule has 0 atom stereocenters. The Bertz CT molecular complexity index is 479. The number of rotatable bonds is 4. The fraction of sp³-hybridized carbons (Fsp3) is 0.375. The molecule has 0 spiro atoms. The van der Waals surface area contributed by atoms with Crippen LogP contribution in [0.5, 0.6) is 0 Å². The van der Waals surface area contributed by atoms with E-state index in [4.69, 9.17) is 5.11 Å². The maximum atomic E-state index is 11.1. The van der Waals surface area contributed by atoms with Gasteiger partial charge in [0.15, 0.2) is 0 Å². The molecule has 3 N–H and O–H groups in total. The second-order valence-electron chi connectivity index (χ2n) is 2.92. The molecule has 0 aliphatic carbocycles. The average molecular weight is 225 g/mol. The molecule has 1 rings (SSSR count). The number of anilines is 1. The van der Waals surface area contributed by atoms with Crippen LogP contribution in [0.2, 0.25) is 0 Å². The number of hydrogen-bond donors (Lipinski definition) is 3. The van der Waals surface area contributed by atoms with Crippen molar-refractivity contribution in [2.24, 2.45) is 5.10 Å². The predicted molar refractivity (Wildman–Crippen MR) is 56.4 cm³/mol. The third-order valence-corrected chi connectivity index (χ3v) is 1.74. The monoisotopic (exact) mass is 225 g/mol. The summed E-state index contributed by atoms with van der Waals surface area (Å²) >= 11 is 0. The molecule has 1 heterocycles. The van der Waals surface area contributed by atoms with Gasteiger partial charge in [0.05, 0.1) is 0 Å². The molecule has 1 aromatic heterocycles. The Morgan fingerprint density at radius 1 is 1.56 bits per heavy atom. The lowest BCUT2D eigenvalue weighted by molar-refractivity contribution is -0.129. The van der Waals surface area contributed by atoms with Gasteiger partial charge in [-0.3, -0.25) is 9.78 Å². The van der Waals surface area contributed by atoms with Gasteiger partial charge in [-0.2, -0.15) is 5.10 Å². The van der Waals surface area contributed by atoms with Gasteiger partial charge < -0.3 is 5.11 Å². The van der Waals surface area contributed by atoms with Gasteiger partial charge in [0, 0.05) is 0 Å².